The quantitative estimate of drug-likeness (QED) is 0.729. The molecule has 0 radical (unpaired) electrons. The van der Waals surface area contributed by atoms with Gasteiger partial charge in [0.05, 0.1) is 5.69 Å². The minimum absolute atomic E-state index is 0.567. The standard InChI is InChI=1S/C18H18N2O2S/c21-12-15-5-3-14(4-6-15)7-8-16-9-10-18(20-19-16)22-13-17-2-1-11-23-17/h2-6,9-10,12H,1,7-8,11,13H2. The smallest absolute Gasteiger partial charge is 0.233 e. The summed E-state index contributed by atoms with van der Waals surface area (Å²) in [5.41, 5.74) is 2.82. The average Bonchev–Trinajstić information content (AvgIpc) is 3.13. The molecule has 23 heavy (non-hydrogen) atoms. The Kier molecular flexibility index (Phi) is 5.42. The second-order valence-corrected chi connectivity index (χ2v) is 6.54. The fraction of sp³-hybridized carbons (Fsp3) is 0.278. The van der Waals surface area contributed by atoms with Crippen molar-refractivity contribution >= 4 is 18.0 Å². The Balaban J connectivity index is 1.49. The molecule has 0 spiro atoms. The van der Waals surface area contributed by atoms with E-state index in [2.05, 4.69) is 16.3 Å². The Bertz CT molecular complexity index is 681. The molecule has 1 aromatic carbocycles. The summed E-state index contributed by atoms with van der Waals surface area (Å²) in [5, 5.41) is 8.34. The highest BCUT2D eigenvalue weighted by Crippen LogP contribution is 2.24. The topological polar surface area (TPSA) is 52.1 Å². The first kappa shape index (κ1) is 15.7. The lowest BCUT2D eigenvalue weighted by Crippen LogP contribution is -2.02. The number of carbonyl (C=O) groups excluding carboxylic acids is 1. The van der Waals surface area contributed by atoms with Gasteiger partial charge in [0.2, 0.25) is 5.88 Å². The summed E-state index contributed by atoms with van der Waals surface area (Å²) in [4.78, 5) is 11.9. The lowest BCUT2D eigenvalue weighted by Gasteiger charge is -2.06. The Morgan fingerprint density at radius 2 is 1.96 bits per heavy atom. The van der Waals surface area contributed by atoms with E-state index in [9.17, 15) is 4.79 Å². The molecule has 0 aliphatic carbocycles. The number of aromatic nitrogens is 2. The van der Waals surface area contributed by atoms with E-state index in [0.717, 1.165) is 37.0 Å². The predicted octanol–water partition coefficient (Wildman–Crippen LogP) is 3.47. The molecular weight excluding hydrogens is 308 g/mol. The lowest BCUT2D eigenvalue weighted by molar-refractivity contribution is 0.112. The van der Waals surface area contributed by atoms with E-state index in [1.54, 1.807) is 0 Å². The number of aryl methyl sites for hydroxylation is 2. The molecule has 0 bridgehead atoms. The normalized spacial score (nSPS) is 13.7. The number of hydrogen-bond donors (Lipinski definition) is 0. The van der Waals surface area contributed by atoms with Gasteiger partial charge in [0.1, 0.15) is 12.9 Å². The lowest BCUT2D eigenvalue weighted by atomic mass is 10.1. The molecule has 0 saturated carbocycles. The Hall–Kier alpha value is -2.14. The minimum atomic E-state index is 0.567. The molecule has 2 heterocycles. The highest BCUT2D eigenvalue weighted by Gasteiger charge is 2.07. The van der Waals surface area contributed by atoms with Crippen molar-refractivity contribution in [1.29, 1.82) is 0 Å². The second-order valence-electron chi connectivity index (χ2n) is 5.32. The number of allylic oxidation sites excluding steroid dienone is 1. The number of rotatable bonds is 7. The molecule has 2 aromatic rings. The number of benzene rings is 1. The van der Waals surface area contributed by atoms with Crippen LogP contribution in [-0.4, -0.2) is 28.8 Å². The number of aldehydes is 1. The zero-order valence-electron chi connectivity index (χ0n) is 12.8. The molecular formula is C18H18N2O2S. The van der Waals surface area contributed by atoms with E-state index in [1.165, 1.54) is 10.5 Å². The number of nitrogens with zero attached hydrogens (tertiary/aromatic N) is 2. The summed E-state index contributed by atoms with van der Waals surface area (Å²) in [6.45, 7) is 0.585. The van der Waals surface area contributed by atoms with Crippen LogP contribution >= 0.6 is 11.8 Å². The zero-order valence-corrected chi connectivity index (χ0v) is 13.6. The zero-order chi connectivity index (χ0) is 15.9. The molecule has 4 nitrogen and oxygen atoms in total. The maximum atomic E-state index is 10.6. The van der Waals surface area contributed by atoms with Crippen LogP contribution < -0.4 is 4.74 Å². The largest absolute Gasteiger partial charge is 0.471 e. The molecule has 0 amide bonds. The van der Waals surface area contributed by atoms with Crippen molar-refractivity contribution in [3.05, 3.63) is 64.2 Å². The number of ether oxygens (including phenoxy) is 1. The van der Waals surface area contributed by atoms with Gasteiger partial charge in [-0.1, -0.05) is 30.3 Å². The summed E-state index contributed by atoms with van der Waals surface area (Å²) in [6.07, 6.45) is 5.88. The highest BCUT2D eigenvalue weighted by molar-refractivity contribution is 8.03. The Morgan fingerprint density at radius 1 is 1.09 bits per heavy atom. The van der Waals surface area contributed by atoms with Gasteiger partial charge in [-0.25, -0.2) is 0 Å². The van der Waals surface area contributed by atoms with Crippen molar-refractivity contribution in [3.8, 4) is 5.88 Å². The fourth-order valence-corrected chi connectivity index (χ4v) is 3.18. The van der Waals surface area contributed by atoms with E-state index in [4.69, 9.17) is 4.74 Å². The van der Waals surface area contributed by atoms with Crippen molar-refractivity contribution in [2.45, 2.75) is 19.3 Å². The number of carbonyl (C=O) groups is 1. The third-order valence-electron chi connectivity index (χ3n) is 3.62. The van der Waals surface area contributed by atoms with Gasteiger partial charge < -0.3 is 4.74 Å². The Labute approximate surface area is 140 Å². The van der Waals surface area contributed by atoms with Gasteiger partial charge >= 0.3 is 0 Å². The van der Waals surface area contributed by atoms with Crippen LogP contribution in [0.1, 0.15) is 28.0 Å². The number of thioether (sulfide) groups is 1. The van der Waals surface area contributed by atoms with Crippen molar-refractivity contribution in [2.24, 2.45) is 0 Å². The molecule has 0 saturated heterocycles. The van der Waals surface area contributed by atoms with E-state index < -0.39 is 0 Å². The first-order valence-electron chi connectivity index (χ1n) is 7.65. The molecule has 0 fully saturated rings. The second kappa shape index (κ2) is 7.92. The molecule has 1 aromatic heterocycles. The first-order valence-corrected chi connectivity index (χ1v) is 8.63. The maximum Gasteiger partial charge on any atom is 0.233 e. The van der Waals surface area contributed by atoms with E-state index in [-0.39, 0.29) is 0 Å². The maximum absolute atomic E-state index is 10.6. The molecule has 1 aliphatic rings. The predicted molar refractivity (Wildman–Crippen MR) is 91.9 cm³/mol. The van der Waals surface area contributed by atoms with Gasteiger partial charge in [-0.3, -0.25) is 4.79 Å². The van der Waals surface area contributed by atoms with Gasteiger partial charge in [-0.15, -0.1) is 16.9 Å². The average molecular weight is 326 g/mol. The van der Waals surface area contributed by atoms with Crippen LogP contribution in [0.3, 0.4) is 0 Å². The Morgan fingerprint density at radius 3 is 2.61 bits per heavy atom. The van der Waals surface area contributed by atoms with Crippen LogP contribution in [0.5, 0.6) is 5.88 Å². The molecule has 0 N–H and O–H groups in total. The van der Waals surface area contributed by atoms with Gasteiger partial charge in [0.15, 0.2) is 0 Å². The first-order chi connectivity index (χ1) is 11.3. The molecule has 118 valence electrons. The van der Waals surface area contributed by atoms with Crippen LogP contribution in [-0.2, 0) is 12.8 Å². The fourth-order valence-electron chi connectivity index (χ4n) is 2.31. The molecule has 5 heteroatoms. The summed E-state index contributed by atoms with van der Waals surface area (Å²) < 4.78 is 5.64. The van der Waals surface area contributed by atoms with E-state index in [1.807, 2.05) is 48.2 Å². The van der Waals surface area contributed by atoms with Crippen LogP contribution in [0.4, 0.5) is 0 Å². The van der Waals surface area contributed by atoms with Crippen molar-refractivity contribution in [3.63, 3.8) is 0 Å². The minimum Gasteiger partial charge on any atom is -0.471 e. The summed E-state index contributed by atoms with van der Waals surface area (Å²) in [7, 11) is 0. The van der Waals surface area contributed by atoms with Gasteiger partial charge in [0, 0.05) is 22.3 Å². The third-order valence-corrected chi connectivity index (χ3v) is 4.72. The summed E-state index contributed by atoms with van der Waals surface area (Å²) in [5.74, 6) is 1.72. The van der Waals surface area contributed by atoms with Crippen molar-refractivity contribution in [1.82, 2.24) is 10.2 Å². The van der Waals surface area contributed by atoms with Gasteiger partial charge in [-0.2, -0.15) is 5.10 Å². The SMILES string of the molecule is O=Cc1ccc(CCc2ccc(OCC3=CCCS3)nn2)cc1. The summed E-state index contributed by atoms with van der Waals surface area (Å²) >= 11 is 1.84. The van der Waals surface area contributed by atoms with Gasteiger partial charge in [0.25, 0.3) is 0 Å². The summed E-state index contributed by atoms with van der Waals surface area (Å²) in [6, 6.07) is 11.4. The van der Waals surface area contributed by atoms with Crippen molar-refractivity contribution in [2.75, 3.05) is 12.4 Å². The van der Waals surface area contributed by atoms with E-state index in [0.29, 0.717) is 18.1 Å². The molecule has 0 unspecified atom stereocenters. The van der Waals surface area contributed by atoms with Crippen LogP contribution in [0.2, 0.25) is 0 Å². The molecule has 3 rings (SSSR count). The highest BCUT2D eigenvalue weighted by atomic mass is 32.2. The number of hydrogen-bond acceptors (Lipinski definition) is 5. The molecule has 0 atom stereocenters. The third kappa shape index (κ3) is 4.66. The van der Waals surface area contributed by atoms with Crippen LogP contribution in [0.25, 0.3) is 0 Å². The monoisotopic (exact) mass is 326 g/mol. The molecule has 1 aliphatic heterocycles. The van der Waals surface area contributed by atoms with Crippen LogP contribution in [0.15, 0.2) is 47.4 Å². The van der Waals surface area contributed by atoms with Gasteiger partial charge in [-0.05, 0) is 30.9 Å². The van der Waals surface area contributed by atoms with E-state index >= 15 is 0 Å². The van der Waals surface area contributed by atoms with Crippen LogP contribution in [0, 0.1) is 0 Å². The van der Waals surface area contributed by atoms with Crippen molar-refractivity contribution < 1.29 is 9.53 Å².